The summed E-state index contributed by atoms with van der Waals surface area (Å²) in [6.07, 6.45) is 23.0. The maximum absolute atomic E-state index is 12.5. The minimum atomic E-state index is -0.841. The number of hydrogen-bond acceptors (Lipinski definition) is 12. The second-order valence-electron chi connectivity index (χ2n) is 19.9. The average Bonchev–Trinajstić information content (AvgIpc) is 3.44. The summed E-state index contributed by atoms with van der Waals surface area (Å²) in [5, 5.41) is 0. The van der Waals surface area contributed by atoms with Crippen molar-refractivity contribution < 1.29 is 57.0 Å². The molecule has 0 N–H and O–H groups in total. The van der Waals surface area contributed by atoms with Gasteiger partial charge in [-0.2, -0.15) is 0 Å². The standard InChI is InChI=1S/C66H98O12/c1-10-16-19-22-25-28-31-34-60(74-57-43-37-54(38-44-57)51(7)64(67)70-13-4)73-50-49-63(77-61(35-32-29-26-23-20-17-11-2)75-58-45-39-55(40-46-58)52(8)65(68)71-14-5)78-62(36-33-30-27-24-21-18-12-3)76-59-47-41-56(42-48-59)53(9)66(69)72-15-6/h37-48,60-63H,7-36,49-50H2,1-6H3. The highest BCUT2D eigenvalue weighted by molar-refractivity contribution is 6.16. The van der Waals surface area contributed by atoms with Crippen molar-refractivity contribution in [2.75, 3.05) is 26.4 Å². The summed E-state index contributed by atoms with van der Waals surface area (Å²) in [6, 6.07) is 21.7. The maximum Gasteiger partial charge on any atom is 0.338 e. The molecule has 3 atom stereocenters. The Morgan fingerprint density at radius 3 is 0.910 bits per heavy atom. The van der Waals surface area contributed by atoms with Crippen LogP contribution in [0.15, 0.2) is 92.5 Å². The number of carbonyl (C=O) groups is 3. The van der Waals surface area contributed by atoms with E-state index in [1.807, 2.05) is 48.5 Å². The van der Waals surface area contributed by atoms with E-state index in [0.29, 0.717) is 59.6 Å². The number of ether oxygens (including phenoxy) is 9. The number of benzene rings is 3. The first-order valence-electron chi connectivity index (χ1n) is 29.8. The number of rotatable bonds is 47. The SMILES string of the molecule is C=C(C(=O)OCC)c1ccc(OC(CCCCCCCCC)OCCC(OC(CCCCCCCCC)Oc2ccc(C(=C)C(=O)OCC)cc2)OC(CCCCCCCCC)Oc2ccc(C(=C)C(=O)OCC)cc2)cc1. The smallest absolute Gasteiger partial charge is 0.338 e. The Kier molecular flexibility index (Phi) is 35.6. The molecule has 0 amide bonds. The Labute approximate surface area is 470 Å². The molecule has 12 nitrogen and oxygen atoms in total. The van der Waals surface area contributed by atoms with Crippen molar-refractivity contribution >= 4 is 34.6 Å². The molecule has 0 bridgehead atoms. The summed E-state index contributed by atoms with van der Waals surface area (Å²) in [6.45, 7) is 24.9. The molecule has 0 spiro atoms. The van der Waals surface area contributed by atoms with Gasteiger partial charge in [0.05, 0.1) is 43.1 Å². The molecule has 3 unspecified atom stereocenters. The van der Waals surface area contributed by atoms with E-state index in [2.05, 4.69) is 40.5 Å². The lowest BCUT2D eigenvalue weighted by Crippen LogP contribution is -2.35. The van der Waals surface area contributed by atoms with Crippen LogP contribution in [0.4, 0.5) is 0 Å². The molecule has 3 aromatic rings. The largest absolute Gasteiger partial charge is 0.465 e. The topological polar surface area (TPSA) is 134 Å². The third-order valence-corrected chi connectivity index (χ3v) is 13.4. The van der Waals surface area contributed by atoms with Gasteiger partial charge in [-0.1, -0.05) is 192 Å². The fourth-order valence-electron chi connectivity index (χ4n) is 8.76. The van der Waals surface area contributed by atoms with Crippen molar-refractivity contribution in [3.05, 3.63) is 109 Å². The lowest BCUT2D eigenvalue weighted by molar-refractivity contribution is -0.272. The molecule has 3 aromatic carbocycles. The Balaban J connectivity index is 1.99. The molecule has 0 aromatic heterocycles. The first-order chi connectivity index (χ1) is 38.0. The van der Waals surface area contributed by atoms with Crippen LogP contribution in [0.1, 0.15) is 219 Å². The molecule has 12 heteroatoms. The molecule has 0 heterocycles. The summed E-state index contributed by atoms with van der Waals surface area (Å²) in [5.41, 5.74) is 2.74. The first-order valence-corrected chi connectivity index (χ1v) is 29.8. The third kappa shape index (κ3) is 27.9. The van der Waals surface area contributed by atoms with Crippen molar-refractivity contribution in [3.63, 3.8) is 0 Å². The molecule has 0 aliphatic heterocycles. The van der Waals surface area contributed by atoms with E-state index in [-0.39, 0.29) is 43.1 Å². The van der Waals surface area contributed by atoms with E-state index in [1.165, 1.54) is 77.0 Å². The highest BCUT2D eigenvalue weighted by Crippen LogP contribution is 2.28. The van der Waals surface area contributed by atoms with Crippen LogP contribution >= 0.6 is 0 Å². The van der Waals surface area contributed by atoms with Crippen LogP contribution in [-0.2, 0) is 42.8 Å². The third-order valence-electron chi connectivity index (χ3n) is 13.4. The Morgan fingerprint density at radius 2 is 0.615 bits per heavy atom. The number of carbonyl (C=O) groups excluding carboxylic acids is 3. The van der Waals surface area contributed by atoms with Crippen molar-refractivity contribution in [2.24, 2.45) is 0 Å². The lowest BCUT2D eigenvalue weighted by Gasteiger charge is -2.30. The van der Waals surface area contributed by atoms with Gasteiger partial charge in [-0.25, -0.2) is 14.4 Å². The molecule has 3 rings (SSSR count). The average molecular weight is 1080 g/mol. The zero-order valence-corrected chi connectivity index (χ0v) is 48.8. The Morgan fingerprint density at radius 1 is 0.346 bits per heavy atom. The van der Waals surface area contributed by atoms with E-state index < -0.39 is 43.1 Å². The predicted molar refractivity (Wildman–Crippen MR) is 314 cm³/mol. The predicted octanol–water partition coefficient (Wildman–Crippen LogP) is 17.1. The quantitative estimate of drug-likeness (QED) is 0.0175. The van der Waals surface area contributed by atoms with Gasteiger partial charge in [-0.05, 0) is 93.1 Å². The van der Waals surface area contributed by atoms with Crippen LogP contribution in [0.25, 0.3) is 16.7 Å². The Bertz CT molecular complexity index is 2020. The summed E-state index contributed by atoms with van der Waals surface area (Å²) < 4.78 is 56.1. The minimum Gasteiger partial charge on any atom is -0.465 e. The highest BCUT2D eigenvalue weighted by atomic mass is 16.8. The zero-order chi connectivity index (χ0) is 56.6. The van der Waals surface area contributed by atoms with Gasteiger partial charge in [0.2, 0.25) is 12.6 Å². The zero-order valence-electron chi connectivity index (χ0n) is 48.8. The maximum atomic E-state index is 12.5. The van der Waals surface area contributed by atoms with Crippen LogP contribution in [0.3, 0.4) is 0 Å². The fourth-order valence-corrected chi connectivity index (χ4v) is 8.76. The van der Waals surface area contributed by atoms with Crippen LogP contribution < -0.4 is 14.2 Å². The molecule has 78 heavy (non-hydrogen) atoms. The Hall–Kier alpha value is -5.43. The van der Waals surface area contributed by atoms with Crippen molar-refractivity contribution in [1.82, 2.24) is 0 Å². The highest BCUT2D eigenvalue weighted by Gasteiger charge is 2.26. The number of hydrogen-bond donors (Lipinski definition) is 0. The summed E-state index contributed by atoms with van der Waals surface area (Å²) >= 11 is 0. The van der Waals surface area contributed by atoms with Crippen molar-refractivity contribution in [1.29, 1.82) is 0 Å². The molecule has 434 valence electrons. The molecule has 0 saturated carbocycles. The van der Waals surface area contributed by atoms with Crippen LogP contribution in [0.5, 0.6) is 17.2 Å². The number of esters is 3. The van der Waals surface area contributed by atoms with Gasteiger partial charge in [-0.3, -0.25) is 0 Å². The van der Waals surface area contributed by atoms with Gasteiger partial charge in [0.25, 0.3) is 0 Å². The van der Waals surface area contributed by atoms with Crippen molar-refractivity contribution in [3.8, 4) is 17.2 Å². The molecule has 0 aliphatic carbocycles. The van der Waals surface area contributed by atoms with E-state index in [0.717, 1.165) is 57.8 Å². The summed E-state index contributed by atoms with van der Waals surface area (Å²) in [4.78, 5) is 37.5. The minimum absolute atomic E-state index is 0.229. The molecular weight excluding hydrogens is 985 g/mol. The second kappa shape index (κ2) is 41.6. The number of unbranched alkanes of at least 4 members (excludes halogenated alkanes) is 18. The molecule has 0 radical (unpaired) electrons. The van der Waals surface area contributed by atoms with E-state index in [9.17, 15) is 14.4 Å². The van der Waals surface area contributed by atoms with Crippen molar-refractivity contribution in [2.45, 2.75) is 227 Å². The van der Waals surface area contributed by atoms with E-state index in [1.54, 1.807) is 45.0 Å². The fraction of sp³-hybridized carbons (Fsp3) is 0.591. The van der Waals surface area contributed by atoms with Gasteiger partial charge >= 0.3 is 17.9 Å². The monoisotopic (exact) mass is 1080 g/mol. The van der Waals surface area contributed by atoms with Gasteiger partial charge in [0.1, 0.15) is 17.2 Å². The van der Waals surface area contributed by atoms with Crippen LogP contribution in [0.2, 0.25) is 0 Å². The van der Waals surface area contributed by atoms with E-state index in [4.69, 9.17) is 42.6 Å². The first kappa shape index (κ1) is 66.8. The van der Waals surface area contributed by atoms with E-state index >= 15 is 0 Å². The van der Waals surface area contributed by atoms with Crippen LogP contribution in [0, 0.1) is 0 Å². The summed E-state index contributed by atoms with van der Waals surface area (Å²) in [5.74, 6) is 0.348. The van der Waals surface area contributed by atoms with Crippen LogP contribution in [-0.4, -0.2) is 69.5 Å². The molecule has 0 fully saturated rings. The molecule has 0 aliphatic rings. The normalized spacial score (nSPS) is 12.7. The lowest BCUT2D eigenvalue weighted by atomic mass is 10.1. The van der Waals surface area contributed by atoms with Gasteiger partial charge < -0.3 is 42.6 Å². The summed E-state index contributed by atoms with van der Waals surface area (Å²) in [7, 11) is 0. The van der Waals surface area contributed by atoms with Gasteiger partial charge in [0.15, 0.2) is 12.6 Å². The second-order valence-corrected chi connectivity index (χ2v) is 19.9. The molecule has 0 saturated heterocycles. The van der Waals surface area contributed by atoms with Gasteiger partial charge in [0, 0.05) is 25.7 Å². The molecular formula is C66H98O12. The van der Waals surface area contributed by atoms with Gasteiger partial charge in [-0.15, -0.1) is 0 Å².